The number of ether oxygens (including phenoxy) is 1. The third-order valence-corrected chi connectivity index (χ3v) is 2.05. The molecule has 0 fully saturated rings. The molecule has 0 heterocycles. The molecule has 0 atom stereocenters. The zero-order valence-corrected chi connectivity index (χ0v) is 8.60. The van der Waals surface area contributed by atoms with E-state index in [9.17, 15) is 19.3 Å². The van der Waals surface area contributed by atoms with Crippen molar-refractivity contribution in [2.24, 2.45) is 0 Å². The maximum absolute atomic E-state index is 12.1. The van der Waals surface area contributed by atoms with Crippen LogP contribution < -0.4 is 0 Å². The molecule has 0 amide bonds. The minimum atomic E-state index is -0.779. The average molecular weight is 227 g/mol. The maximum atomic E-state index is 12.1. The lowest BCUT2D eigenvalue weighted by atomic mass is 10.1. The van der Waals surface area contributed by atoms with Crippen LogP contribution in [0.3, 0.4) is 0 Å². The van der Waals surface area contributed by atoms with E-state index in [2.05, 4.69) is 4.74 Å². The van der Waals surface area contributed by atoms with Crippen molar-refractivity contribution in [1.29, 1.82) is 0 Å². The van der Waals surface area contributed by atoms with Crippen LogP contribution in [0.1, 0.15) is 15.9 Å². The zero-order chi connectivity index (χ0) is 12.1. The van der Waals surface area contributed by atoms with Crippen LogP contribution in [0.5, 0.6) is 0 Å². The number of aryl methyl sites for hydroxylation is 1. The van der Waals surface area contributed by atoms with Crippen LogP contribution in [0, 0.1) is 10.1 Å². The number of hydrogen-bond donors (Lipinski definition) is 0. The molecule has 0 radical (unpaired) electrons. The van der Waals surface area contributed by atoms with E-state index < -0.39 is 17.6 Å². The van der Waals surface area contributed by atoms with Gasteiger partial charge in [-0.2, -0.15) is 0 Å². The van der Waals surface area contributed by atoms with Crippen molar-refractivity contribution in [2.75, 3.05) is 13.8 Å². The lowest BCUT2D eigenvalue weighted by Crippen LogP contribution is -2.06. The molecule has 1 rings (SSSR count). The standard InChI is InChI=1S/C10H10FNO4/c1-16-10(13)8-3-2-7(4-5-11)6-9(8)12(14)15/h2-3,6H,4-5H2,1H3. The molecule has 5 nitrogen and oxygen atoms in total. The molecule has 0 aliphatic heterocycles. The number of carbonyl (C=O) groups excluding carboxylic acids is 1. The molecule has 0 unspecified atom stereocenters. The van der Waals surface area contributed by atoms with Crippen LogP contribution >= 0.6 is 0 Å². The van der Waals surface area contributed by atoms with E-state index in [4.69, 9.17) is 0 Å². The molecule has 1 aromatic rings. The van der Waals surface area contributed by atoms with Crippen molar-refractivity contribution >= 4 is 11.7 Å². The highest BCUT2D eigenvalue weighted by molar-refractivity contribution is 5.93. The van der Waals surface area contributed by atoms with Crippen molar-refractivity contribution in [1.82, 2.24) is 0 Å². The third-order valence-electron chi connectivity index (χ3n) is 2.05. The highest BCUT2D eigenvalue weighted by atomic mass is 19.1. The van der Waals surface area contributed by atoms with Gasteiger partial charge < -0.3 is 4.74 Å². The summed E-state index contributed by atoms with van der Waals surface area (Å²) in [4.78, 5) is 21.2. The Morgan fingerprint density at radius 2 is 2.25 bits per heavy atom. The monoisotopic (exact) mass is 227 g/mol. The van der Waals surface area contributed by atoms with Gasteiger partial charge in [0.15, 0.2) is 0 Å². The summed E-state index contributed by atoms with van der Waals surface area (Å²) in [6.07, 6.45) is 0.0856. The molecular weight excluding hydrogens is 217 g/mol. The summed E-state index contributed by atoms with van der Waals surface area (Å²) < 4.78 is 16.5. The predicted octanol–water partition coefficient (Wildman–Crippen LogP) is 1.89. The lowest BCUT2D eigenvalue weighted by Gasteiger charge is -2.03. The summed E-state index contributed by atoms with van der Waals surface area (Å²) in [5.41, 5.74) is -0.0187. The normalized spacial score (nSPS) is 9.88. The summed E-state index contributed by atoms with van der Waals surface area (Å²) in [7, 11) is 1.14. The first-order valence-electron chi connectivity index (χ1n) is 4.51. The van der Waals surface area contributed by atoms with Crippen LogP contribution in [-0.2, 0) is 11.2 Å². The Kier molecular flexibility index (Phi) is 3.93. The zero-order valence-electron chi connectivity index (χ0n) is 8.60. The fourth-order valence-corrected chi connectivity index (χ4v) is 1.28. The van der Waals surface area contributed by atoms with Gasteiger partial charge in [0, 0.05) is 12.5 Å². The minimum absolute atomic E-state index is 0.0856. The minimum Gasteiger partial charge on any atom is -0.465 e. The van der Waals surface area contributed by atoms with E-state index in [1.54, 1.807) is 0 Å². The summed E-state index contributed by atoms with van der Waals surface area (Å²) >= 11 is 0. The van der Waals surface area contributed by atoms with Gasteiger partial charge in [0.05, 0.1) is 18.7 Å². The second-order valence-electron chi connectivity index (χ2n) is 3.04. The molecule has 86 valence electrons. The Bertz CT molecular complexity index is 419. The summed E-state index contributed by atoms with van der Waals surface area (Å²) in [6, 6.07) is 3.93. The number of halogens is 1. The summed E-state index contributed by atoms with van der Waals surface area (Å²) in [5, 5.41) is 10.7. The van der Waals surface area contributed by atoms with Gasteiger partial charge in [0.2, 0.25) is 0 Å². The van der Waals surface area contributed by atoms with Crippen molar-refractivity contribution in [3.63, 3.8) is 0 Å². The fourth-order valence-electron chi connectivity index (χ4n) is 1.28. The Morgan fingerprint density at radius 1 is 1.56 bits per heavy atom. The Hall–Kier alpha value is -1.98. The molecular formula is C10H10FNO4. The van der Waals surface area contributed by atoms with Crippen molar-refractivity contribution in [3.8, 4) is 0 Å². The maximum Gasteiger partial charge on any atom is 0.344 e. The second-order valence-corrected chi connectivity index (χ2v) is 3.04. The molecule has 0 aliphatic carbocycles. The molecule has 0 saturated carbocycles. The van der Waals surface area contributed by atoms with Gasteiger partial charge in [-0.05, 0) is 11.6 Å². The SMILES string of the molecule is COC(=O)c1ccc(CCF)cc1[N+](=O)[O-]. The van der Waals surface area contributed by atoms with E-state index in [-0.39, 0.29) is 17.7 Å². The number of esters is 1. The number of hydrogen-bond acceptors (Lipinski definition) is 4. The van der Waals surface area contributed by atoms with Gasteiger partial charge in [-0.3, -0.25) is 14.5 Å². The summed E-state index contributed by atoms with van der Waals surface area (Å²) in [6.45, 7) is -0.602. The molecule has 6 heteroatoms. The number of alkyl halides is 1. The number of nitrogens with zero attached hydrogens (tertiary/aromatic N) is 1. The average Bonchev–Trinajstić information content (AvgIpc) is 2.28. The molecule has 16 heavy (non-hydrogen) atoms. The van der Waals surface area contributed by atoms with E-state index in [0.717, 1.165) is 7.11 Å². The van der Waals surface area contributed by atoms with Crippen molar-refractivity contribution in [3.05, 3.63) is 39.4 Å². The van der Waals surface area contributed by atoms with Gasteiger partial charge in [0.1, 0.15) is 5.56 Å². The molecule has 0 spiro atoms. The lowest BCUT2D eigenvalue weighted by molar-refractivity contribution is -0.385. The van der Waals surface area contributed by atoms with E-state index in [0.29, 0.717) is 5.56 Å². The van der Waals surface area contributed by atoms with Gasteiger partial charge in [-0.15, -0.1) is 0 Å². The number of rotatable bonds is 4. The van der Waals surface area contributed by atoms with E-state index in [1.807, 2.05) is 0 Å². The topological polar surface area (TPSA) is 69.4 Å². The number of nitro benzene ring substituents is 1. The van der Waals surface area contributed by atoms with Crippen molar-refractivity contribution in [2.45, 2.75) is 6.42 Å². The van der Waals surface area contributed by atoms with E-state index in [1.165, 1.54) is 18.2 Å². The van der Waals surface area contributed by atoms with Gasteiger partial charge >= 0.3 is 5.97 Å². The van der Waals surface area contributed by atoms with Gasteiger partial charge in [0.25, 0.3) is 5.69 Å². The molecule has 0 saturated heterocycles. The van der Waals surface area contributed by atoms with E-state index >= 15 is 0 Å². The number of benzene rings is 1. The van der Waals surface area contributed by atoms with Crippen LogP contribution in [0.15, 0.2) is 18.2 Å². The predicted molar refractivity (Wildman–Crippen MR) is 54.1 cm³/mol. The molecule has 0 aromatic heterocycles. The second kappa shape index (κ2) is 5.20. The molecule has 0 N–H and O–H groups in total. The van der Waals surface area contributed by atoms with Crippen LogP contribution in [0.2, 0.25) is 0 Å². The summed E-state index contributed by atoms with van der Waals surface area (Å²) in [5.74, 6) is -0.779. The number of methoxy groups -OCH3 is 1. The Balaban J connectivity index is 3.19. The number of nitro groups is 1. The van der Waals surface area contributed by atoms with Crippen LogP contribution in [0.4, 0.5) is 10.1 Å². The van der Waals surface area contributed by atoms with Crippen LogP contribution in [0.25, 0.3) is 0 Å². The van der Waals surface area contributed by atoms with Crippen LogP contribution in [-0.4, -0.2) is 24.7 Å². The van der Waals surface area contributed by atoms with Crippen molar-refractivity contribution < 1.29 is 18.8 Å². The first kappa shape index (κ1) is 12.1. The van der Waals surface area contributed by atoms with Gasteiger partial charge in [-0.25, -0.2) is 4.79 Å². The third kappa shape index (κ3) is 2.53. The number of carbonyl (C=O) groups is 1. The highest BCUT2D eigenvalue weighted by Crippen LogP contribution is 2.21. The fraction of sp³-hybridized carbons (Fsp3) is 0.300. The molecule has 1 aromatic carbocycles. The quantitative estimate of drug-likeness (QED) is 0.447. The highest BCUT2D eigenvalue weighted by Gasteiger charge is 2.20. The Morgan fingerprint density at radius 3 is 2.75 bits per heavy atom. The largest absolute Gasteiger partial charge is 0.465 e. The first-order chi connectivity index (χ1) is 7.60. The smallest absolute Gasteiger partial charge is 0.344 e. The van der Waals surface area contributed by atoms with Gasteiger partial charge in [-0.1, -0.05) is 6.07 Å². The Labute approximate surface area is 91.0 Å². The molecule has 0 aliphatic rings. The first-order valence-corrected chi connectivity index (χ1v) is 4.51. The molecule has 0 bridgehead atoms.